The van der Waals surface area contributed by atoms with E-state index in [0.717, 1.165) is 28.5 Å². The Kier molecular flexibility index (Phi) is 7.24. The second-order valence-corrected chi connectivity index (χ2v) is 8.26. The monoisotopic (exact) mass is 493 g/mol. The average Bonchev–Trinajstić information content (AvgIpc) is 2.87. The van der Waals surface area contributed by atoms with Crippen molar-refractivity contribution in [3.05, 3.63) is 113 Å². The molecule has 0 aromatic heterocycles. The number of hydrogen-bond donors (Lipinski definition) is 2. The first kappa shape index (κ1) is 24.8. The first-order chi connectivity index (χ1) is 17.2. The van der Waals surface area contributed by atoms with Crippen molar-refractivity contribution in [1.82, 2.24) is 5.32 Å². The first-order valence-corrected chi connectivity index (χ1v) is 11.1. The zero-order valence-electron chi connectivity index (χ0n) is 19.0. The summed E-state index contributed by atoms with van der Waals surface area (Å²) in [4.78, 5) is 24.5. The van der Waals surface area contributed by atoms with Crippen molar-refractivity contribution in [3.63, 3.8) is 0 Å². The Morgan fingerprint density at radius 2 is 1.50 bits per heavy atom. The number of carbonyl (C=O) groups excluding carboxylic acids is 1. The maximum atomic E-state index is 12.8. The minimum Gasteiger partial charge on any atom is -0.489 e. The number of benzene rings is 4. The highest BCUT2D eigenvalue weighted by molar-refractivity contribution is 6.00. The number of carboxylic acids is 1. The molecule has 0 saturated heterocycles. The van der Waals surface area contributed by atoms with Crippen LogP contribution < -0.4 is 10.1 Å². The highest BCUT2D eigenvalue weighted by atomic mass is 19.4. The van der Waals surface area contributed by atoms with Crippen molar-refractivity contribution in [2.75, 3.05) is 0 Å². The number of fused-ring (bicyclic) bond motifs is 1. The molecule has 4 aromatic rings. The van der Waals surface area contributed by atoms with Crippen molar-refractivity contribution >= 4 is 22.6 Å². The molecule has 4 rings (SSSR count). The molecule has 36 heavy (non-hydrogen) atoms. The van der Waals surface area contributed by atoms with Gasteiger partial charge in [0.2, 0.25) is 0 Å². The van der Waals surface area contributed by atoms with Crippen molar-refractivity contribution in [2.24, 2.45) is 0 Å². The van der Waals surface area contributed by atoms with Gasteiger partial charge >= 0.3 is 12.1 Å². The molecule has 0 bridgehead atoms. The van der Waals surface area contributed by atoms with Crippen molar-refractivity contribution in [2.45, 2.75) is 25.2 Å². The molecule has 0 unspecified atom stereocenters. The molecule has 0 heterocycles. The van der Waals surface area contributed by atoms with E-state index in [0.29, 0.717) is 17.9 Å². The van der Waals surface area contributed by atoms with Gasteiger partial charge in [-0.15, -0.1) is 0 Å². The minimum absolute atomic E-state index is 0.158. The molecule has 0 radical (unpaired) electrons. The molecule has 0 saturated carbocycles. The van der Waals surface area contributed by atoms with Crippen LogP contribution in [0, 0.1) is 0 Å². The van der Waals surface area contributed by atoms with Gasteiger partial charge < -0.3 is 15.2 Å². The lowest BCUT2D eigenvalue weighted by molar-refractivity contribution is -0.139. The van der Waals surface area contributed by atoms with E-state index in [1.165, 1.54) is 12.1 Å². The van der Waals surface area contributed by atoms with Gasteiger partial charge in [0.15, 0.2) is 0 Å². The molecule has 0 aliphatic heterocycles. The van der Waals surface area contributed by atoms with E-state index in [-0.39, 0.29) is 12.0 Å². The predicted octanol–water partition coefficient (Wildman–Crippen LogP) is 5.86. The lowest BCUT2D eigenvalue weighted by atomic mass is 10.0. The van der Waals surface area contributed by atoms with Crippen molar-refractivity contribution in [3.8, 4) is 5.75 Å². The summed E-state index contributed by atoms with van der Waals surface area (Å²) < 4.78 is 44.1. The topological polar surface area (TPSA) is 75.6 Å². The number of aliphatic carboxylic acids is 1. The molecule has 2 N–H and O–H groups in total. The van der Waals surface area contributed by atoms with E-state index in [1.807, 2.05) is 42.5 Å². The summed E-state index contributed by atoms with van der Waals surface area (Å²) in [6.45, 7) is 0.419. The summed E-state index contributed by atoms with van der Waals surface area (Å²) in [6.07, 6.45) is -4.64. The largest absolute Gasteiger partial charge is 0.489 e. The van der Waals surface area contributed by atoms with Gasteiger partial charge in [0.25, 0.3) is 5.91 Å². The van der Waals surface area contributed by atoms with E-state index < -0.39 is 29.7 Å². The number of carbonyl (C=O) groups is 2. The van der Waals surface area contributed by atoms with Gasteiger partial charge in [-0.2, -0.15) is 13.2 Å². The fourth-order valence-corrected chi connectivity index (χ4v) is 3.70. The molecule has 4 aromatic carbocycles. The smallest absolute Gasteiger partial charge is 0.416 e. The highest BCUT2D eigenvalue weighted by Crippen LogP contribution is 2.29. The van der Waals surface area contributed by atoms with Gasteiger partial charge in [0.1, 0.15) is 18.4 Å². The highest BCUT2D eigenvalue weighted by Gasteiger charge is 2.30. The second-order valence-electron chi connectivity index (χ2n) is 8.26. The van der Waals surface area contributed by atoms with Gasteiger partial charge in [-0.25, -0.2) is 4.79 Å². The van der Waals surface area contributed by atoms with E-state index in [2.05, 4.69) is 5.32 Å². The molecule has 0 aliphatic rings. The van der Waals surface area contributed by atoms with E-state index in [1.54, 1.807) is 24.3 Å². The van der Waals surface area contributed by atoms with Crippen LogP contribution in [0.1, 0.15) is 27.0 Å². The molecule has 5 nitrogen and oxygen atoms in total. The summed E-state index contributed by atoms with van der Waals surface area (Å²) in [5.41, 5.74) is 0.831. The second kappa shape index (κ2) is 10.5. The van der Waals surface area contributed by atoms with Crippen molar-refractivity contribution in [1.29, 1.82) is 0 Å². The third-order valence-electron chi connectivity index (χ3n) is 5.65. The van der Waals surface area contributed by atoms with Crippen LogP contribution in [-0.2, 0) is 24.0 Å². The molecular formula is C28H22F3NO4. The standard InChI is InChI=1S/C28H22F3NO4/c29-28(30,31)23-11-6-18(7-12-23)14-25(27(34)35)32-26(33)22-9-8-21-16-24(13-10-20(21)15-22)36-17-19-4-2-1-3-5-19/h1-13,15-16,25H,14,17H2,(H,32,33)(H,34,35)/t25-/m0/s1. The number of ether oxygens (including phenoxy) is 1. The van der Waals surface area contributed by atoms with Crippen molar-refractivity contribution < 1.29 is 32.6 Å². The quantitative estimate of drug-likeness (QED) is 0.322. The van der Waals surface area contributed by atoms with Crippen LogP contribution in [0.4, 0.5) is 13.2 Å². The predicted molar refractivity (Wildman–Crippen MR) is 129 cm³/mol. The lowest BCUT2D eigenvalue weighted by Gasteiger charge is -2.16. The van der Waals surface area contributed by atoms with Crippen LogP contribution in [0.3, 0.4) is 0 Å². The summed E-state index contributed by atoms with van der Waals surface area (Å²) in [7, 11) is 0. The summed E-state index contributed by atoms with van der Waals surface area (Å²) in [5.74, 6) is -1.21. The first-order valence-electron chi connectivity index (χ1n) is 11.1. The van der Waals surface area contributed by atoms with Gasteiger partial charge in [0.05, 0.1) is 5.56 Å². The fourth-order valence-electron chi connectivity index (χ4n) is 3.70. The Morgan fingerprint density at radius 1 is 0.833 bits per heavy atom. The van der Waals surface area contributed by atoms with Crippen LogP contribution in [0.15, 0.2) is 91.0 Å². The van der Waals surface area contributed by atoms with Crippen LogP contribution in [0.5, 0.6) is 5.75 Å². The Labute approximate surface area is 205 Å². The molecule has 0 spiro atoms. The molecule has 8 heteroatoms. The maximum Gasteiger partial charge on any atom is 0.416 e. The van der Waals surface area contributed by atoms with Gasteiger partial charge in [-0.05, 0) is 58.3 Å². The molecule has 184 valence electrons. The SMILES string of the molecule is O=C(N[C@@H](Cc1ccc(C(F)(F)F)cc1)C(=O)O)c1ccc2cc(OCc3ccccc3)ccc2c1. The summed E-state index contributed by atoms with van der Waals surface area (Å²) in [6, 6.07) is 23.0. The zero-order chi connectivity index (χ0) is 25.7. The summed E-state index contributed by atoms with van der Waals surface area (Å²) in [5, 5.41) is 13.6. The number of hydrogen-bond acceptors (Lipinski definition) is 3. The third-order valence-corrected chi connectivity index (χ3v) is 5.65. The Morgan fingerprint density at radius 3 is 2.17 bits per heavy atom. The Bertz CT molecular complexity index is 1370. The van der Waals surface area contributed by atoms with Crippen LogP contribution in [0.25, 0.3) is 10.8 Å². The number of carboxylic acid groups (broad SMARTS) is 1. The summed E-state index contributed by atoms with van der Waals surface area (Å²) >= 11 is 0. The van der Waals surface area contributed by atoms with Crippen LogP contribution in [0.2, 0.25) is 0 Å². The van der Waals surface area contributed by atoms with Crippen LogP contribution in [-0.4, -0.2) is 23.0 Å². The number of alkyl halides is 3. The lowest BCUT2D eigenvalue weighted by Crippen LogP contribution is -2.42. The van der Waals surface area contributed by atoms with E-state index in [9.17, 15) is 27.9 Å². The zero-order valence-corrected chi connectivity index (χ0v) is 19.0. The van der Waals surface area contributed by atoms with Crippen LogP contribution >= 0.6 is 0 Å². The van der Waals surface area contributed by atoms with Gasteiger partial charge in [-0.3, -0.25) is 4.79 Å². The fraction of sp³-hybridized carbons (Fsp3) is 0.143. The maximum absolute atomic E-state index is 12.8. The number of nitrogens with one attached hydrogen (secondary N) is 1. The van der Waals surface area contributed by atoms with Gasteiger partial charge in [0, 0.05) is 12.0 Å². The molecule has 1 atom stereocenters. The minimum atomic E-state index is -4.48. The molecule has 1 amide bonds. The normalized spacial score (nSPS) is 12.2. The van der Waals surface area contributed by atoms with Gasteiger partial charge in [-0.1, -0.05) is 54.6 Å². The average molecular weight is 493 g/mol. The third kappa shape index (κ3) is 6.21. The molecular weight excluding hydrogens is 471 g/mol. The number of halogens is 3. The Balaban J connectivity index is 1.43. The molecule has 0 fully saturated rings. The van der Waals surface area contributed by atoms with E-state index >= 15 is 0 Å². The Hall–Kier alpha value is -4.33. The number of rotatable bonds is 8. The molecule has 0 aliphatic carbocycles. The van der Waals surface area contributed by atoms with E-state index in [4.69, 9.17) is 4.74 Å². The number of amides is 1.